The van der Waals surface area contributed by atoms with Gasteiger partial charge in [0, 0.05) is 11.6 Å². The molecule has 5 rings (SSSR count). The van der Waals surface area contributed by atoms with Crippen molar-refractivity contribution >= 4 is 17.6 Å². The standard InChI is InChI=1S/C25H18N2O3/c26-14-16-8-10-18(11-9-16)21-13-25(21)20-6-1-2-7-22(20)27(24(25)30)15-17-4-3-5-19(12-17)23(28)29/h1-12,21H,13,15H2,(H,28,29)/t21-,25+/m1/s1. The van der Waals surface area contributed by atoms with Gasteiger partial charge in [-0.1, -0.05) is 42.5 Å². The van der Waals surface area contributed by atoms with Crippen molar-refractivity contribution in [2.75, 3.05) is 4.90 Å². The number of amides is 1. The van der Waals surface area contributed by atoms with Crippen LogP contribution in [0.15, 0.2) is 72.8 Å². The van der Waals surface area contributed by atoms with E-state index < -0.39 is 11.4 Å². The third-order valence-corrected chi connectivity index (χ3v) is 6.22. The highest BCUT2D eigenvalue weighted by molar-refractivity contribution is 6.11. The highest BCUT2D eigenvalue weighted by atomic mass is 16.4. The van der Waals surface area contributed by atoms with Crippen LogP contribution in [0.4, 0.5) is 5.69 Å². The molecule has 2 aliphatic rings. The van der Waals surface area contributed by atoms with Gasteiger partial charge < -0.3 is 10.0 Å². The van der Waals surface area contributed by atoms with E-state index in [9.17, 15) is 14.7 Å². The Morgan fingerprint density at radius 1 is 1.10 bits per heavy atom. The number of nitriles is 1. The van der Waals surface area contributed by atoms with Crippen molar-refractivity contribution in [1.29, 1.82) is 5.26 Å². The minimum atomic E-state index is -0.982. The van der Waals surface area contributed by atoms with Crippen LogP contribution in [0.1, 0.15) is 45.0 Å². The zero-order valence-electron chi connectivity index (χ0n) is 16.1. The molecule has 5 heteroatoms. The number of carbonyl (C=O) groups excluding carboxylic acids is 1. The molecule has 1 spiro atoms. The lowest BCUT2D eigenvalue weighted by molar-refractivity contribution is -0.120. The van der Waals surface area contributed by atoms with Gasteiger partial charge in [-0.05, 0) is 53.4 Å². The molecule has 1 aliphatic carbocycles. The Hall–Kier alpha value is -3.91. The molecule has 0 bridgehead atoms. The fourth-order valence-corrected chi connectivity index (χ4v) is 4.68. The van der Waals surface area contributed by atoms with E-state index in [0.29, 0.717) is 12.1 Å². The van der Waals surface area contributed by atoms with Crippen LogP contribution in [0.3, 0.4) is 0 Å². The van der Waals surface area contributed by atoms with Crippen molar-refractivity contribution in [3.8, 4) is 6.07 Å². The molecule has 1 fully saturated rings. The molecule has 1 amide bonds. The number of hydrogen-bond acceptors (Lipinski definition) is 3. The number of carbonyl (C=O) groups is 2. The number of nitrogens with zero attached hydrogens (tertiary/aromatic N) is 2. The lowest BCUT2D eigenvalue weighted by atomic mass is 9.92. The van der Waals surface area contributed by atoms with E-state index in [1.165, 1.54) is 0 Å². The number of carboxylic acids is 1. The van der Waals surface area contributed by atoms with Gasteiger partial charge in [0.25, 0.3) is 0 Å². The highest BCUT2D eigenvalue weighted by Gasteiger charge is 2.66. The Kier molecular flexibility index (Phi) is 3.97. The van der Waals surface area contributed by atoms with E-state index in [1.54, 1.807) is 35.2 Å². The number of benzene rings is 3. The van der Waals surface area contributed by atoms with Crippen molar-refractivity contribution in [3.05, 3.63) is 101 Å². The summed E-state index contributed by atoms with van der Waals surface area (Å²) >= 11 is 0. The molecule has 0 radical (unpaired) electrons. The summed E-state index contributed by atoms with van der Waals surface area (Å²) in [7, 11) is 0. The van der Waals surface area contributed by atoms with E-state index in [-0.39, 0.29) is 17.4 Å². The topological polar surface area (TPSA) is 81.4 Å². The summed E-state index contributed by atoms with van der Waals surface area (Å²) in [5, 5.41) is 18.3. The molecule has 1 N–H and O–H groups in total. The minimum Gasteiger partial charge on any atom is -0.478 e. The highest BCUT2D eigenvalue weighted by Crippen LogP contribution is 2.66. The first-order valence-electron chi connectivity index (χ1n) is 9.78. The second kappa shape index (κ2) is 6.57. The summed E-state index contributed by atoms with van der Waals surface area (Å²) in [6, 6.07) is 24.2. The fraction of sp³-hybridized carbons (Fsp3) is 0.160. The Morgan fingerprint density at radius 3 is 2.60 bits per heavy atom. The number of hydrogen-bond donors (Lipinski definition) is 1. The van der Waals surface area contributed by atoms with E-state index >= 15 is 0 Å². The monoisotopic (exact) mass is 394 g/mol. The molecule has 30 heavy (non-hydrogen) atoms. The van der Waals surface area contributed by atoms with Crippen molar-refractivity contribution in [2.45, 2.75) is 24.3 Å². The molecule has 1 saturated carbocycles. The van der Waals surface area contributed by atoms with Crippen molar-refractivity contribution in [3.63, 3.8) is 0 Å². The summed E-state index contributed by atoms with van der Waals surface area (Å²) in [6.45, 7) is 0.332. The number of rotatable bonds is 4. The average molecular weight is 394 g/mol. The van der Waals surface area contributed by atoms with Gasteiger partial charge in [0.2, 0.25) is 5.91 Å². The first kappa shape index (κ1) is 18.1. The Morgan fingerprint density at radius 2 is 1.87 bits per heavy atom. The third-order valence-electron chi connectivity index (χ3n) is 6.22. The van der Waals surface area contributed by atoms with Crippen LogP contribution in [-0.4, -0.2) is 17.0 Å². The van der Waals surface area contributed by atoms with Crippen LogP contribution in [-0.2, 0) is 16.8 Å². The van der Waals surface area contributed by atoms with Gasteiger partial charge in [0.1, 0.15) is 0 Å². The zero-order valence-corrected chi connectivity index (χ0v) is 16.1. The predicted molar refractivity (Wildman–Crippen MR) is 111 cm³/mol. The minimum absolute atomic E-state index is 0.0544. The summed E-state index contributed by atoms with van der Waals surface area (Å²) in [5.74, 6) is -0.849. The van der Waals surface area contributed by atoms with Crippen molar-refractivity contribution < 1.29 is 14.7 Å². The van der Waals surface area contributed by atoms with Crippen molar-refractivity contribution in [1.82, 2.24) is 0 Å². The zero-order chi connectivity index (χ0) is 20.9. The molecule has 0 saturated heterocycles. The summed E-state index contributed by atoms with van der Waals surface area (Å²) in [4.78, 5) is 26.7. The molecule has 1 aliphatic heterocycles. The summed E-state index contributed by atoms with van der Waals surface area (Å²) in [6.07, 6.45) is 0.737. The van der Waals surface area contributed by atoms with E-state index in [0.717, 1.165) is 28.8 Å². The van der Waals surface area contributed by atoms with Crippen LogP contribution >= 0.6 is 0 Å². The smallest absolute Gasteiger partial charge is 0.335 e. The molecular formula is C25H18N2O3. The van der Waals surface area contributed by atoms with Gasteiger partial charge in [0.05, 0.1) is 29.2 Å². The first-order valence-corrected chi connectivity index (χ1v) is 9.78. The molecule has 2 atom stereocenters. The van der Waals surface area contributed by atoms with Crippen LogP contribution in [0.5, 0.6) is 0 Å². The largest absolute Gasteiger partial charge is 0.478 e. The van der Waals surface area contributed by atoms with Crippen LogP contribution in [0.2, 0.25) is 0 Å². The SMILES string of the molecule is N#Cc1ccc([C@H]2C[C@@]23C(=O)N(Cc2cccc(C(=O)O)c2)c2ccccc23)cc1. The van der Waals surface area contributed by atoms with Gasteiger partial charge >= 0.3 is 5.97 Å². The third kappa shape index (κ3) is 2.61. The summed E-state index contributed by atoms with van der Waals surface area (Å²) in [5.41, 5.74) is 4.00. The predicted octanol–water partition coefficient (Wildman–Crippen LogP) is 4.23. The number of anilines is 1. The molecule has 1 heterocycles. The molecule has 0 aromatic heterocycles. The van der Waals surface area contributed by atoms with Gasteiger partial charge in [-0.2, -0.15) is 5.26 Å². The maximum absolute atomic E-state index is 13.6. The van der Waals surface area contributed by atoms with Gasteiger partial charge in [-0.3, -0.25) is 4.79 Å². The number of fused-ring (bicyclic) bond motifs is 2. The molecule has 0 unspecified atom stereocenters. The number of para-hydroxylation sites is 1. The van der Waals surface area contributed by atoms with Crippen LogP contribution in [0.25, 0.3) is 0 Å². The quantitative estimate of drug-likeness (QED) is 0.718. The fourth-order valence-electron chi connectivity index (χ4n) is 4.68. The molecular weight excluding hydrogens is 376 g/mol. The van der Waals surface area contributed by atoms with Gasteiger partial charge in [-0.25, -0.2) is 4.79 Å². The van der Waals surface area contributed by atoms with E-state index in [1.807, 2.05) is 42.5 Å². The summed E-state index contributed by atoms with van der Waals surface area (Å²) < 4.78 is 0. The molecule has 3 aromatic rings. The normalized spacial score (nSPS) is 21.4. The molecule has 5 nitrogen and oxygen atoms in total. The number of carboxylic acid groups (broad SMARTS) is 1. The second-order valence-electron chi connectivity index (χ2n) is 7.88. The van der Waals surface area contributed by atoms with Crippen molar-refractivity contribution in [2.24, 2.45) is 0 Å². The lowest BCUT2D eigenvalue weighted by Crippen LogP contribution is -2.32. The van der Waals surface area contributed by atoms with E-state index in [4.69, 9.17) is 5.26 Å². The number of aromatic carboxylic acids is 1. The van der Waals surface area contributed by atoms with E-state index in [2.05, 4.69) is 6.07 Å². The maximum Gasteiger partial charge on any atom is 0.335 e. The Labute approximate surface area is 173 Å². The average Bonchev–Trinajstić information content (AvgIpc) is 3.49. The van der Waals surface area contributed by atoms with Crippen LogP contribution < -0.4 is 4.90 Å². The molecule has 146 valence electrons. The van der Waals surface area contributed by atoms with Gasteiger partial charge in [0.15, 0.2) is 0 Å². The van der Waals surface area contributed by atoms with Crippen LogP contribution in [0, 0.1) is 11.3 Å². The second-order valence-corrected chi connectivity index (χ2v) is 7.88. The Balaban J connectivity index is 1.50. The first-order chi connectivity index (χ1) is 14.5. The lowest BCUT2D eigenvalue weighted by Gasteiger charge is -2.19. The molecule has 3 aromatic carbocycles. The Bertz CT molecular complexity index is 1230. The van der Waals surface area contributed by atoms with Gasteiger partial charge in [-0.15, -0.1) is 0 Å². The maximum atomic E-state index is 13.6.